The molecule has 1 amide bonds. The van der Waals surface area contributed by atoms with Crippen LogP contribution in [0.5, 0.6) is 0 Å². The fourth-order valence-electron chi connectivity index (χ4n) is 4.04. The molecule has 1 aliphatic heterocycles. The maximum atomic E-state index is 13.0. The van der Waals surface area contributed by atoms with Gasteiger partial charge in [0.15, 0.2) is 5.69 Å². The fourth-order valence-corrected chi connectivity index (χ4v) is 4.04. The predicted octanol–water partition coefficient (Wildman–Crippen LogP) is 4.45. The highest BCUT2D eigenvalue weighted by atomic mass is 19.4. The molecule has 0 unspecified atom stereocenters. The largest absolute Gasteiger partial charge is 0.441 e. The van der Waals surface area contributed by atoms with Gasteiger partial charge in [0.2, 0.25) is 5.89 Å². The molecule has 5 nitrogen and oxygen atoms in total. The summed E-state index contributed by atoms with van der Waals surface area (Å²) in [5.74, 6) is 0.0363. The summed E-state index contributed by atoms with van der Waals surface area (Å²) < 4.78 is 50.4. The number of rotatable bonds is 2. The Morgan fingerprint density at radius 2 is 2.00 bits per heavy atom. The molecule has 0 bridgehead atoms. The van der Waals surface area contributed by atoms with Crippen molar-refractivity contribution in [3.63, 3.8) is 0 Å². The van der Waals surface area contributed by atoms with Crippen LogP contribution in [0.25, 0.3) is 11.5 Å². The van der Waals surface area contributed by atoms with Gasteiger partial charge in [0.1, 0.15) is 5.76 Å². The van der Waals surface area contributed by atoms with Gasteiger partial charge in [-0.1, -0.05) is 18.9 Å². The number of amides is 1. The van der Waals surface area contributed by atoms with Gasteiger partial charge in [-0.15, -0.1) is 0 Å². The first-order valence-corrected chi connectivity index (χ1v) is 9.36. The van der Waals surface area contributed by atoms with Crippen molar-refractivity contribution in [2.75, 3.05) is 19.7 Å². The van der Waals surface area contributed by atoms with Gasteiger partial charge in [0.05, 0.1) is 24.3 Å². The third kappa shape index (κ3) is 3.53. The highest BCUT2D eigenvalue weighted by Crippen LogP contribution is 2.37. The molecule has 0 atom stereocenters. The summed E-state index contributed by atoms with van der Waals surface area (Å²) >= 11 is 0. The number of halogens is 3. The van der Waals surface area contributed by atoms with Crippen LogP contribution in [0.15, 0.2) is 28.7 Å². The number of alkyl halides is 3. The minimum absolute atomic E-state index is 0.00999. The zero-order valence-corrected chi connectivity index (χ0v) is 15.5. The molecular formula is C20H21F3N2O3. The van der Waals surface area contributed by atoms with Crippen LogP contribution in [-0.2, 0) is 10.9 Å². The first kappa shape index (κ1) is 19.0. The summed E-state index contributed by atoms with van der Waals surface area (Å²) in [6.45, 7) is 3.05. The standard InChI is InChI=1S/C20H21F3N2O3/c1-13-16(18(26)25-9-10-27-19(12-25)7-2-3-8-19)24-17(28-13)14-5-4-6-15(11-14)20(21,22)23/h4-6,11H,2-3,7-10,12H2,1H3. The Balaban J connectivity index is 1.59. The first-order valence-electron chi connectivity index (χ1n) is 9.36. The van der Waals surface area contributed by atoms with Crippen LogP contribution < -0.4 is 0 Å². The van der Waals surface area contributed by atoms with E-state index in [1.165, 1.54) is 12.1 Å². The predicted molar refractivity (Wildman–Crippen MR) is 94.7 cm³/mol. The van der Waals surface area contributed by atoms with E-state index < -0.39 is 11.7 Å². The molecule has 0 N–H and O–H groups in total. The summed E-state index contributed by atoms with van der Waals surface area (Å²) in [7, 11) is 0. The lowest BCUT2D eigenvalue weighted by molar-refractivity contribution is -0.137. The van der Waals surface area contributed by atoms with E-state index in [-0.39, 0.29) is 28.7 Å². The number of oxazole rings is 1. The van der Waals surface area contributed by atoms with E-state index in [1.807, 2.05) is 0 Å². The minimum atomic E-state index is -4.46. The monoisotopic (exact) mass is 394 g/mol. The van der Waals surface area contributed by atoms with Gasteiger partial charge in [-0.2, -0.15) is 13.2 Å². The molecule has 1 aromatic heterocycles. The van der Waals surface area contributed by atoms with Crippen molar-refractivity contribution in [3.8, 4) is 11.5 Å². The zero-order valence-electron chi connectivity index (χ0n) is 15.5. The second-order valence-electron chi connectivity index (χ2n) is 7.47. The molecule has 1 saturated heterocycles. The summed E-state index contributed by atoms with van der Waals surface area (Å²) in [6.07, 6.45) is -0.413. The molecule has 2 aromatic rings. The Labute approximate surface area is 160 Å². The minimum Gasteiger partial charge on any atom is -0.441 e. The average molecular weight is 394 g/mol. The molecule has 1 aromatic carbocycles. The van der Waals surface area contributed by atoms with Crippen LogP contribution in [0.1, 0.15) is 47.5 Å². The van der Waals surface area contributed by atoms with Crippen LogP contribution >= 0.6 is 0 Å². The summed E-state index contributed by atoms with van der Waals surface area (Å²) in [5.41, 5.74) is -0.728. The number of morpholine rings is 1. The van der Waals surface area contributed by atoms with Crippen molar-refractivity contribution in [3.05, 3.63) is 41.3 Å². The van der Waals surface area contributed by atoms with E-state index in [9.17, 15) is 18.0 Å². The van der Waals surface area contributed by atoms with Crippen molar-refractivity contribution in [1.29, 1.82) is 0 Å². The fraction of sp³-hybridized carbons (Fsp3) is 0.500. The second-order valence-corrected chi connectivity index (χ2v) is 7.47. The maximum absolute atomic E-state index is 13.0. The van der Waals surface area contributed by atoms with E-state index in [1.54, 1.807) is 11.8 Å². The number of hydrogen-bond donors (Lipinski definition) is 0. The van der Waals surface area contributed by atoms with Crippen molar-refractivity contribution in [1.82, 2.24) is 9.88 Å². The lowest BCUT2D eigenvalue weighted by Crippen LogP contribution is -2.52. The quantitative estimate of drug-likeness (QED) is 0.755. The Morgan fingerprint density at radius 3 is 2.71 bits per heavy atom. The van der Waals surface area contributed by atoms with Crippen LogP contribution in [0.2, 0.25) is 0 Å². The molecule has 2 heterocycles. The number of ether oxygens (including phenoxy) is 1. The summed E-state index contributed by atoms with van der Waals surface area (Å²) in [4.78, 5) is 18.9. The van der Waals surface area contributed by atoms with Gasteiger partial charge in [0.25, 0.3) is 5.91 Å². The van der Waals surface area contributed by atoms with E-state index in [2.05, 4.69) is 4.98 Å². The molecule has 1 spiro atoms. The molecule has 2 aliphatic rings. The molecular weight excluding hydrogens is 373 g/mol. The van der Waals surface area contributed by atoms with Crippen molar-refractivity contribution >= 4 is 5.91 Å². The number of aromatic nitrogens is 1. The number of carbonyl (C=O) groups is 1. The van der Waals surface area contributed by atoms with Gasteiger partial charge in [-0.05, 0) is 38.0 Å². The lowest BCUT2D eigenvalue weighted by Gasteiger charge is -2.40. The molecule has 8 heteroatoms. The Hall–Kier alpha value is -2.35. The number of aryl methyl sites for hydroxylation is 1. The highest BCUT2D eigenvalue weighted by molar-refractivity contribution is 5.93. The normalized spacial score (nSPS) is 19.4. The topological polar surface area (TPSA) is 55.6 Å². The summed E-state index contributed by atoms with van der Waals surface area (Å²) in [6, 6.07) is 4.74. The molecule has 150 valence electrons. The molecule has 1 saturated carbocycles. The molecule has 1 aliphatic carbocycles. The van der Waals surface area contributed by atoms with Crippen molar-refractivity contribution in [2.45, 2.75) is 44.4 Å². The van der Waals surface area contributed by atoms with E-state index in [0.29, 0.717) is 25.5 Å². The van der Waals surface area contributed by atoms with Crippen LogP contribution in [0, 0.1) is 6.92 Å². The number of nitrogens with zero attached hydrogens (tertiary/aromatic N) is 2. The van der Waals surface area contributed by atoms with Gasteiger partial charge in [0, 0.05) is 12.1 Å². The third-order valence-corrected chi connectivity index (χ3v) is 5.49. The summed E-state index contributed by atoms with van der Waals surface area (Å²) in [5, 5.41) is 0. The Kier molecular flexibility index (Phi) is 4.69. The maximum Gasteiger partial charge on any atom is 0.416 e. The van der Waals surface area contributed by atoms with Crippen LogP contribution in [0.3, 0.4) is 0 Å². The first-order chi connectivity index (χ1) is 13.3. The third-order valence-electron chi connectivity index (χ3n) is 5.49. The smallest absolute Gasteiger partial charge is 0.416 e. The van der Waals surface area contributed by atoms with E-state index in [4.69, 9.17) is 9.15 Å². The molecule has 4 rings (SSSR count). The number of hydrogen-bond acceptors (Lipinski definition) is 4. The SMILES string of the molecule is Cc1oc(-c2cccc(C(F)(F)F)c2)nc1C(=O)N1CCOC2(CCCC2)C1. The Morgan fingerprint density at radius 1 is 1.25 bits per heavy atom. The highest BCUT2D eigenvalue weighted by Gasteiger charge is 2.41. The van der Waals surface area contributed by atoms with Gasteiger partial charge >= 0.3 is 6.18 Å². The van der Waals surface area contributed by atoms with Crippen molar-refractivity contribution < 1.29 is 27.1 Å². The molecule has 0 radical (unpaired) electrons. The Bertz CT molecular complexity index is 885. The lowest BCUT2D eigenvalue weighted by atomic mass is 9.99. The molecule has 2 fully saturated rings. The van der Waals surface area contributed by atoms with Gasteiger partial charge in [-0.25, -0.2) is 4.98 Å². The molecule has 28 heavy (non-hydrogen) atoms. The van der Waals surface area contributed by atoms with Crippen molar-refractivity contribution in [2.24, 2.45) is 0 Å². The number of benzene rings is 1. The van der Waals surface area contributed by atoms with Crippen LogP contribution in [-0.4, -0.2) is 41.1 Å². The zero-order chi connectivity index (χ0) is 19.9. The second kappa shape index (κ2) is 6.92. The average Bonchev–Trinajstić information content (AvgIpc) is 3.27. The van der Waals surface area contributed by atoms with Crippen LogP contribution in [0.4, 0.5) is 13.2 Å². The van der Waals surface area contributed by atoms with E-state index in [0.717, 1.165) is 37.8 Å². The van der Waals surface area contributed by atoms with E-state index >= 15 is 0 Å². The number of carbonyl (C=O) groups excluding carboxylic acids is 1. The van der Waals surface area contributed by atoms with Gasteiger partial charge < -0.3 is 14.1 Å². The van der Waals surface area contributed by atoms with Gasteiger partial charge in [-0.3, -0.25) is 4.79 Å².